The van der Waals surface area contributed by atoms with Crippen LogP contribution in [-0.4, -0.2) is 26.2 Å². The van der Waals surface area contributed by atoms with Crippen molar-refractivity contribution in [2.24, 2.45) is 0 Å². The van der Waals surface area contributed by atoms with Crippen molar-refractivity contribution in [1.82, 2.24) is 14.5 Å². The highest BCUT2D eigenvalue weighted by molar-refractivity contribution is 6.34. The summed E-state index contributed by atoms with van der Waals surface area (Å²) in [5, 5.41) is 10.6. The quantitative estimate of drug-likeness (QED) is 0.753. The summed E-state index contributed by atoms with van der Waals surface area (Å²) < 4.78 is 1.53. The SMILES string of the molecule is CC[C@H](CO)n1c(=O)[nH]c2ncc(Cl)c(-c3ccc(Cl)cc3)c21. The van der Waals surface area contributed by atoms with Gasteiger partial charge in [-0.1, -0.05) is 42.3 Å². The summed E-state index contributed by atoms with van der Waals surface area (Å²) >= 11 is 12.3. The number of halogens is 2. The topological polar surface area (TPSA) is 70.9 Å². The highest BCUT2D eigenvalue weighted by atomic mass is 35.5. The molecule has 2 heterocycles. The second-order valence-corrected chi connectivity index (χ2v) is 6.07. The van der Waals surface area contributed by atoms with Crippen molar-refractivity contribution in [3.8, 4) is 11.1 Å². The Hall–Kier alpha value is -1.82. The molecule has 0 saturated heterocycles. The summed E-state index contributed by atoms with van der Waals surface area (Å²) in [4.78, 5) is 19.3. The number of H-pyrrole nitrogens is 1. The van der Waals surface area contributed by atoms with Crippen molar-refractivity contribution in [2.75, 3.05) is 6.61 Å². The number of fused-ring (bicyclic) bond motifs is 1. The van der Waals surface area contributed by atoms with E-state index in [-0.39, 0.29) is 18.3 Å². The number of aliphatic hydroxyl groups excluding tert-OH is 1. The Kier molecular flexibility index (Phi) is 4.43. The Morgan fingerprint density at radius 2 is 2.00 bits per heavy atom. The van der Waals surface area contributed by atoms with Crippen molar-refractivity contribution in [3.63, 3.8) is 0 Å². The molecular formula is C16H15Cl2N3O2. The fraction of sp³-hybridized carbons (Fsp3) is 0.250. The van der Waals surface area contributed by atoms with E-state index in [1.165, 1.54) is 10.8 Å². The summed E-state index contributed by atoms with van der Waals surface area (Å²) in [5.74, 6) is 0. The lowest BCUT2D eigenvalue weighted by atomic mass is 10.1. The lowest BCUT2D eigenvalue weighted by molar-refractivity contribution is 0.225. The van der Waals surface area contributed by atoms with Gasteiger partial charge in [0.2, 0.25) is 0 Å². The van der Waals surface area contributed by atoms with Crippen LogP contribution in [0, 0.1) is 0 Å². The summed E-state index contributed by atoms with van der Waals surface area (Å²) in [7, 11) is 0. The smallest absolute Gasteiger partial charge is 0.328 e. The second kappa shape index (κ2) is 6.35. The Labute approximate surface area is 142 Å². The Morgan fingerprint density at radius 1 is 1.30 bits per heavy atom. The third-order valence-electron chi connectivity index (χ3n) is 3.87. The molecule has 0 aliphatic carbocycles. The Bertz CT molecular complexity index is 896. The van der Waals surface area contributed by atoms with Gasteiger partial charge in [0.25, 0.3) is 0 Å². The highest BCUT2D eigenvalue weighted by Gasteiger charge is 2.21. The molecule has 0 amide bonds. The minimum Gasteiger partial charge on any atom is -0.394 e. The van der Waals surface area contributed by atoms with E-state index in [4.69, 9.17) is 23.2 Å². The van der Waals surface area contributed by atoms with E-state index in [9.17, 15) is 9.90 Å². The largest absolute Gasteiger partial charge is 0.394 e. The van der Waals surface area contributed by atoms with Gasteiger partial charge >= 0.3 is 5.69 Å². The molecule has 120 valence electrons. The van der Waals surface area contributed by atoms with Gasteiger partial charge in [0, 0.05) is 16.8 Å². The summed E-state index contributed by atoms with van der Waals surface area (Å²) in [6, 6.07) is 6.85. The van der Waals surface area contributed by atoms with Crippen molar-refractivity contribution >= 4 is 34.4 Å². The maximum absolute atomic E-state index is 12.3. The van der Waals surface area contributed by atoms with Crippen molar-refractivity contribution in [3.05, 3.63) is 51.0 Å². The molecule has 3 aromatic rings. The average molecular weight is 352 g/mol. The molecule has 7 heteroatoms. The third kappa shape index (κ3) is 2.76. The van der Waals surface area contributed by atoms with Gasteiger partial charge < -0.3 is 5.11 Å². The summed E-state index contributed by atoms with van der Waals surface area (Å²) in [5.41, 5.74) is 2.23. The first-order valence-electron chi connectivity index (χ1n) is 7.22. The van der Waals surface area contributed by atoms with E-state index in [2.05, 4.69) is 9.97 Å². The van der Waals surface area contributed by atoms with E-state index in [1.807, 2.05) is 19.1 Å². The zero-order valence-corrected chi connectivity index (χ0v) is 13.9. The first-order valence-corrected chi connectivity index (χ1v) is 7.98. The monoisotopic (exact) mass is 351 g/mol. The van der Waals surface area contributed by atoms with Crippen LogP contribution in [-0.2, 0) is 0 Å². The predicted molar refractivity (Wildman–Crippen MR) is 92.2 cm³/mol. The minimum atomic E-state index is -0.345. The first kappa shape index (κ1) is 16.1. The van der Waals surface area contributed by atoms with Crippen LogP contribution >= 0.6 is 23.2 Å². The fourth-order valence-corrected chi connectivity index (χ4v) is 3.07. The zero-order valence-electron chi connectivity index (χ0n) is 12.4. The molecule has 5 nitrogen and oxygen atoms in total. The fourth-order valence-electron chi connectivity index (χ4n) is 2.70. The van der Waals surface area contributed by atoms with E-state index >= 15 is 0 Å². The highest BCUT2D eigenvalue weighted by Crippen LogP contribution is 2.35. The number of rotatable bonds is 4. The first-order chi connectivity index (χ1) is 11.1. The van der Waals surface area contributed by atoms with Gasteiger partial charge in [-0.05, 0) is 24.1 Å². The number of nitrogens with zero attached hydrogens (tertiary/aromatic N) is 2. The van der Waals surface area contributed by atoms with Gasteiger partial charge in [0.1, 0.15) is 0 Å². The van der Waals surface area contributed by atoms with Crippen LogP contribution in [0.25, 0.3) is 22.3 Å². The maximum atomic E-state index is 12.3. The van der Waals surface area contributed by atoms with Crippen LogP contribution in [0.2, 0.25) is 10.0 Å². The molecule has 0 aliphatic rings. The Morgan fingerprint density at radius 3 is 2.61 bits per heavy atom. The molecule has 0 aliphatic heterocycles. The van der Waals surface area contributed by atoms with E-state index in [0.29, 0.717) is 33.2 Å². The van der Waals surface area contributed by atoms with Gasteiger partial charge in [0.15, 0.2) is 5.65 Å². The van der Waals surface area contributed by atoms with Crippen LogP contribution in [0.3, 0.4) is 0 Å². The molecule has 0 fully saturated rings. The van der Waals surface area contributed by atoms with Gasteiger partial charge in [-0.15, -0.1) is 0 Å². The second-order valence-electron chi connectivity index (χ2n) is 5.23. The lowest BCUT2D eigenvalue weighted by Gasteiger charge is -2.16. The summed E-state index contributed by atoms with van der Waals surface area (Å²) in [6.07, 6.45) is 2.12. The molecule has 2 N–H and O–H groups in total. The molecule has 1 aromatic carbocycles. The number of pyridine rings is 1. The van der Waals surface area contributed by atoms with Crippen molar-refractivity contribution in [2.45, 2.75) is 19.4 Å². The number of hydrogen-bond acceptors (Lipinski definition) is 3. The van der Waals surface area contributed by atoms with Gasteiger partial charge in [-0.2, -0.15) is 0 Å². The van der Waals surface area contributed by atoms with E-state index in [1.54, 1.807) is 12.1 Å². The van der Waals surface area contributed by atoms with Crippen molar-refractivity contribution in [1.29, 1.82) is 0 Å². The van der Waals surface area contributed by atoms with Gasteiger partial charge in [-0.25, -0.2) is 9.78 Å². The number of benzene rings is 1. The van der Waals surface area contributed by atoms with Crippen LogP contribution in [0.5, 0.6) is 0 Å². The van der Waals surface area contributed by atoms with Gasteiger partial charge in [-0.3, -0.25) is 9.55 Å². The molecule has 1 atom stereocenters. The lowest BCUT2D eigenvalue weighted by Crippen LogP contribution is -2.24. The molecule has 0 radical (unpaired) electrons. The molecule has 23 heavy (non-hydrogen) atoms. The standard InChI is InChI=1S/C16H15Cl2N3O2/c1-2-11(8-22)21-14-13(9-3-5-10(17)6-4-9)12(18)7-19-15(14)20-16(21)23/h3-7,11,22H,2,8H2,1H3,(H,19,20,23)/t11-/m1/s1. The molecule has 2 aromatic heterocycles. The Balaban J connectivity index is 2.38. The van der Waals surface area contributed by atoms with E-state index in [0.717, 1.165) is 5.56 Å². The predicted octanol–water partition coefficient (Wildman–Crippen LogP) is 3.64. The number of imidazole rings is 1. The zero-order chi connectivity index (χ0) is 16.6. The summed E-state index contributed by atoms with van der Waals surface area (Å²) in [6.45, 7) is 1.77. The number of aromatic amines is 1. The molecule has 0 unspecified atom stereocenters. The number of hydrogen-bond donors (Lipinski definition) is 2. The normalized spacial score (nSPS) is 12.7. The van der Waals surface area contributed by atoms with Crippen LogP contribution in [0.4, 0.5) is 0 Å². The van der Waals surface area contributed by atoms with Crippen LogP contribution in [0.15, 0.2) is 35.3 Å². The van der Waals surface area contributed by atoms with E-state index < -0.39 is 0 Å². The maximum Gasteiger partial charge on any atom is 0.328 e. The van der Waals surface area contributed by atoms with Crippen molar-refractivity contribution < 1.29 is 5.11 Å². The minimum absolute atomic E-state index is 0.143. The van der Waals surface area contributed by atoms with Crippen LogP contribution < -0.4 is 5.69 Å². The molecule has 0 spiro atoms. The molecule has 0 bridgehead atoms. The number of aromatic nitrogens is 3. The average Bonchev–Trinajstić information content (AvgIpc) is 2.87. The van der Waals surface area contributed by atoms with Crippen LogP contribution in [0.1, 0.15) is 19.4 Å². The number of aliphatic hydroxyl groups is 1. The van der Waals surface area contributed by atoms with Gasteiger partial charge in [0.05, 0.1) is 23.2 Å². The molecule has 3 rings (SSSR count). The number of nitrogens with one attached hydrogen (secondary N) is 1. The molecular weight excluding hydrogens is 337 g/mol. The third-order valence-corrected chi connectivity index (χ3v) is 4.41. The molecule has 0 saturated carbocycles.